The van der Waals surface area contributed by atoms with Gasteiger partial charge in [-0.25, -0.2) is 0 Å². The van der Waals surface area contributed by atoms with Gasteiger partial charge in [0.25, 0.3) is 0 Å². The van der Waals surface area contributed by atoms with Crippen molar-refractivity contribution in [2.24, 2.45) is 57.6 Å². The van der Waals surface area contributed by atoms with Crippen LogP contribution < -0.4 is 0 Å². The van der Waals surface area contributed by atoms with Crippen LogP contribution in [0.5, 0.6) is 0 Å². The number of fused-ring (bicyclic) bond motifs is 3. The average molecular weight is 252 g/mol. The number of hydrogen-bond donors (Lipinski definition) is 0. The van der Waals surface area contributed by atoms with Crippen molar-refractivity contribution < 1.29 is 0 Å². The molecular weight excluding hydrogens is 232 g/mol. The van der Waals surface area contributed by atoms with Crippen molar-refractivity contribution in [3.05, 3.63) is 24.3 Å². The summed E-state index contributed by atoms with van der Waals surface area (Å²) >= 11 is 0. The summed E-state index contributed by atoms with van der Waals surface area (Å²) in [6.45, 7) is 0. The van der Waals surface area contributed by atoms with Gasteiger partial charge in [0.2, 0.25) is 0 Å². The van der Waals surface area contributed by atoms with Gasteiger partial charge in [0.05, 0.1) is 12.1 Å². The predicted octanol–water partition coefficient (Wildman–Crippen LogP) is 3.47. The van der Waals surface area contributed by atoms with E-state index in [0.29, 0.717) is 12.1 Å². The molecule has 6 bridgehead atoms. The predicted molar refractivity (Wildman–Crippen MR) is 72.5 cm³/mol. The van der Waals surface area contributed by atoms with Crippen LogP contribution in [0, 0.1) is 47.3 Å². The zero-order valence-electron chi connectivity index (χ0n) is 11.1. The maximum Gasteiger partial charge on any atom is 0.0783 e. The van der Waals surface area contributed by atoms with Crippen molar-refractivity contribution in [2.75, 3.05) is 0 Å². The van der Waals surface area contributed by atoms with E-state index in [4.69, 9.17) is 10.2 Å². The molecule has 0 saturated heterocycles. The zero-order chi connectivity index (χ0) is 12.1. The van der Waals surface area contributed by atoms with Crippen LogP contribution in [0.25, 0.3) is 0 Å². The Morgan fingerprint density at radius 2 is 1.00 bits per heavy atom. The SMILES string of the molecule is C1=C[C@H]2CC[C@H]1[C@@H]1[C@H]3N=N[C@@H]([C@H]12)[C@H]1[C@@H]3[C@H]2C=C[C@H]1C2. The van der Waals surface area contributed by atoms with Gasteiger partial charge in [-0.1, -0.05) is 24.3 Å². The van der Waals surface area contributed by atoms with E-state index in [9.17, 15) is 0 Å². The Labute approximate surface area is 114 Å². The van der Waals surface area contributed by atoms with Crippen molar-refractivity contribution in [3.63, 3.8) is 0 Å². The third-order valence-electron chi connectivity index (χ3n) is 7.37. The minimum atomic E-state index is 0.567. The fourth-order valence-corrected chi connectivity index (χ4v) is 6.87. The fraction of sp³-hybridized carbons (Fsp3) is 0.765. The average Bonchev–Trinajstić information content (AvgIpc) is 3.12. The van der Waals surface area contributed by atoms with E-state index in [2.05, 4.69) is 24.3 Å². The summed E-state index contributed by atoms with van der Waals surface area (Å²) in [5.41, 5.74) is 0. The summed E-state index contributed by atoms with van der Waals surface area (Å²) in [6.07, 6.45) is 14.3. The first-order valence-corrected chi connectivity index (χ1v) is 8.18. The van der Waals surface area contributed by atoms with Gasteiger partial charge in [0, 0.05) is 0 Å². The number of nitrogens with zero attached hydrogens (tertiary/aromatic N) is 2. The highest BCUT2D eigenvalue weighted by Crippen LogP contribution is 2.65. The van der Waals surface area contributed by atoms with Gasteiger partial charge < -0.3 is 0 Å². The molecule has 8 rings (SSSR count). The number of rotatable bonds is 0. The summed E-state index contributed by atoms with van der Waals surface area (Å²) < 4.78 is 0. The molecule has 0 aromatic rings. The molecule has 2 heterocycles. The lowest BCUT2D eigenvalue weighted by molar-refractivity contribution is -0.0488. The molecule has 3 fully saturated rings. The van der Waals surface area contributed by atoms with E-state index in [1.807, 2.05) is 0 Å². The first-order valence-electron chi connectivity index (χ1n) is 8.18. The molecular formula is C17H20N2. The summed E-state index contributed by atoms with van der Waals surface area (Å²) in [5.74, 6) is 6.73. The standard InChI is InChI=1S/C17H20N2/c1-2-9-4-3-8(1)12-13(9)17-15-11-6-5-10(7-11)14(15)16(12)18-19-17/h1-2,5-6,8-17H,3-4,7H2/t8-,9-,10-,11-,12-,13-,14-,15+,16+,17-/m0/s1. The molecule has 19 heavy (non-hydrogen) atoms. The highest BCUT2D eigenvalue weighted by molar-refractivity contribution is 5.27. The van der Waals surface area contributed by atoms with E-state index in [-0.39, 0.29) is 0 Å². The Kier molecular flexibility index (Phi) is 1.59. The Morgan fingerprint density at radius 3 is 1.47 bits per heavy atom. The molecule has 0 aromatic heterocycles. The highest BCUT2D eigenvalue weighted by atomic mass is 15.2. The summed E-state index contributed by atoms with van der Waals surface area (Å²) in [6, 6.07) is 1.13. The Bertz CT molecular complexity index is 489. The second kappa shape index (κ2) is 3.05. The maximum absolute atomic E-state index is 4.82. The zero-order valence-corrected chi connectivity index (χ0v) is 11.1. The fourth-order valence-electron chi connectivity index (χ4n) is 6.87. The normalized spacial score (nSPS) is 65.7. The van der Waals surface area contributed by atoms with E-state index in [1.54, 1.807) is 0 Å². The van der Waals surface area contributed by atoms with Crippen molar-refractivity contribution in [3.8, 4) is 0 Å². The Balaban J connectivity index is 1.53. The third kappa shape index (κ3) is 0.976. The first-order chi connectivity index (χ1) is 9.42. The maximum atomic E-state index is 4.82. The Hall–Kier alpha value is -0.920. The van der Waals surface area contributed by atoms with Gasteiger partial charge in [0.15, 0.2) is 0 Å². The smallest absolute Gasteiger partial charge is 0.0783 e. The van der Waals surface area contributed by atoms with E-state index >= 15 is 0 Å². The van der Waals surface area contributed by atoms with Gasteiger partial charge in [-0.05, 0) is 66.6 Å². The highest BCUT2D eigenvalue weighted by Gasteiger charge is 2.65. The van der Waals surface area contributed by atoms with Crippen molar-refractivity contribution in [2.45, 2.75) is 31.3 Å². The molecule has 3 saturated carbocycles. The van der Waals surface area contributed by atoms with Gasteiger partial charge in [-0.2, -0.15) is 10.2 Å². The Morgan fingerprint density at radius 1 is 0.579 bits per heavy atom. The lowest BCUT2D eigenvalue weighted by Crippen LogP contribution is -2.61. The molecule has 2 nitrogen and oxygen atoms in total. The van der Waals surface area contributed by atoms with Crippen LogP contribution >= 0.6 is 0 Å². The molecule has 2 aliphatic heterocycles. The van der Waals surface area contributed by atoms with Crippen LogP contribution in [0.2, 0.25) is 0 Å². The number of allylic oxidation sites excluding steroid dienone is 4. The molecule has 0 unspecified atom stereocenters. The largest absolute Gasteiger partial charge is 0.190 e. The molecule has 6 aliphatic carbocycles. The van der Waals surface area contributed by atoms with Gasteiger partial charge in [0.1, 0.15) is 0 Å². The summed E-state index contributed by atoms with van der Waals surface area (Å²) in [7, 11) is 0. The molecule has 0 N–H and O–H groups in total. The van der Waals surface area contributed by atoms with Crippen LogP contribution in [-0.2, 0) is 0 Å². The lowest BCUT2D eigenvalue weighted by Gasteiger charge is -2.59. The summed E-state index contributed by atoms with van der Waals surface area (Å²) in [5, 5.41) is 9.64. The molecule has 10 atom stereocenters. The second-order valence-electron chi connectivity index (χ2n) is 7.76. The van der Waals surface area contributed by atoms with Gasteiger partial charge in [-0.3, -0.25) is 0 Å². The lowest BCUT2D eigenvalue weighted by atomic mass is 9.48. The van der Waals surface area contributed by atoms with Gasteiger partial charge in [-0.15, -0.1) is 0 Å². The number of hydrogen-bond acceptors (Lipinski definition) is 2. The quantitative estimate of drug-likeness (QED) is 0.590. The molecule has 8 aliphatic rings. The molecule has 0 radical (unpaired) electrons. The third-order valence-corrected chi connectivity index (χ3v) is 7.37. The van der Waals surface area contributed by atoms with Gasteiger partial charge >= 0.3 is 0 Å². The van der Waals surface area contributed by atoms with Crippen LogP contribution in [0.15, 0.2) is 34.5 Å². The minimum Gasteiger partial charge on any atom is -0.190 e. The van der Waals surface area contributed by atoms with Crippen molar-refractivity contribution in [1.82, 2.24) is 0 Å². The summed E-state index contributed by atoms with van der Waals surface area (Å²) in [4.78, 5) is 0. The molecule has 0 spiro atoms. The van der Waals surface area contributed by atoms with Crippen LogP contribution in [0.1, 0.15) is 19.3 Å². The molecule has 98 valence electrons. The van der Waals surface area contributed by atoms with E-state index in [0.717, 1.165) is 47.3 Å². The van der Waals surface area contributed by atoms with Crippen molar-refractivity contribution in [1.29, 1.82) is 0 Å². The van der Waals surface area contributed by atoms with Crippen LogP contribution in [0.4, 0.5) is 0 Å². The van der Waals surface area contributed by atoms with Crippen LogP contribution in [0.3, 0.4) is 0 Å². The first kappa shape index (κ1) is 9.90. The number of azo groups is 1. The topological polar surface area (TPSA) is 24.7 Å². The molecule has 0 aromatic carbocycles. The molecule has 0 amide bonds. The minimum absolute atomic E-state index is 0.567. The van der Waals surface area contributed by atoms with Crippen LogP contribution in [-0.4, -0.2) is 12.1 Å². The monoisotopic (exact) mass is 252 g/mol. The van der Waals surface area contributed by atoms with E-state index in [1.165, 1.54) is 19.3 Å². The molecule has 2 heteroatoms. The van der Waals surface area contributed by atoms with Crippen molar-refractivity contribution >= 4 is 0 Å². The van der Waals surface area contributed by atoms with E-state index < -0.39 is 0 Å². The second-order valence-corrected chi connectivity index (χ2v) is 7.76.